The monoisotopic (exact) mass is 260 g/mol. The van der Waals surface area contributed by atoms with Crippen molar-refractivity contribution in [1.82, 2.24) is 4.31 Å². The third-order valence-electron chi connectivity index (χ3n) is 2.67. The number of nitrogens with two attached hydrogens (primary N) is 1. The van der Waals surface area contributed by atoms with E-state index in [4.69, 9.17) is 17.3 Å². The van der Waals surface area contributed by atoms with Gasteiger partial charge in [0.25, 0.3) is 0 Å². The maximum Gasteiger partial charge on any atom is 0.243 e. The second-order valence-corrected chi connectivity index (χ2v) is 6.14. The van der Waals surface area contributed by atoms with Crippen LogP contribution in [-0.4, -0.2) is 25.8 Å². The van der Waals surface area contributed by atoms with Gasteiger partial charge in [0.15, 0.2) is 0 Å². The van der Waals surface area contributed by atoms with Gasteiger partial charge in [-0.1, -0.05) is 11.6 Å². The van der Waals surface area contributed by atoms with Crippen LogP contribution in [0.3, 0.4) is 0 Å². The second kappa shape index (κ2) is 4.24. The summed E-state index contributed by atoms with van der Waals surface area (Å²) < 4.78 is 25.7. The molecule has 1 saturated heterocycles. The Balaban J connectivity index is 2.39. The van der Waals surface area contributed by atoms with Crippen LogP contribution in [0.2, 0.25) is 5.02 Å². The normalized spacial score (nSPS) is 17.8. The van der Waals surface area contributed by atoms with Gasteiger partial charge in [-0.3, -0.25) is 0 Å². The van der Waals surface area contributed by atoms with E-state index < -0.39 is 10.0 Å². The second-order valence-electron chi connectivity index (χ2n) is 3.79. The Morgan fingerprint density at radius 3 is 2.44 bits per heavy atom. The first kappa shape index (κ1) is 11.7. The molecule has 1 aromatic rings. The first-order valence-corrected chi connectivity index (χ1v) is 6.89. The molecule has 88 valence electrons. The Bertz CT molecular complexity index is 496. The topological polar surface area (TPSA) is 63.4 Å². The summed E-state index contributed by atoms with van der Waals surface area (Å²) in [4.78, 5) is 0.219. The van der Waals surface area contributed by atoms with Gasteiger partial charge < -0.3 is 5.73 Å². The van der Waals surface area contributed by atoms with Crippen molar-refractivity contribution in [1.29, 1.82) is 0 Å². The molecule has 0 amide bonds. The summed E-state index contributed by atoms with van der Waals surface area (Å²) in [5, 5.41) is 0.375. The maximum absolute atomic E-state index is 12.1. The molecule has 2 N–H and O–H groups in total. The molecule has 0 radical (unpaired) electrons. The number of nitrogen functional groups attached to an aromatic ring is 1. The quantitative estimate of drug-likeness (QED) is 0.824. The van der Waals surface area contributed by atoms with Gasteiger partial charge in [0.05, 0.1) is 15.6 Å². The number of hydrogen-bond donors (Lipinski definition) is 1. The molecular formula is C10H13ClN2O2S. The van der Waals surface area contributed by atoms with Gasteiger partial charge in [-0.2, -0.15) is 4.31 Å². The molecule has 16 heavy (non-hydrogen) atoms. The average molecular weight is 261 g/mol. The van der Waals surface area contributed by atoms with Crippen LogP contribution in [0.5, 0.6) is 0 Å². The fraction of sp³-hybridized carbons (Fsp3) is 0.400. The van der Waals surface area contributed by atoms with Gasteiger partial charge in [0.2, 0.25) is 10.0 Å². The van der Waals surface area contributed by atoms with E-state index in [0.717, 1.165) is 12.8 Å². The minimum Gasteiger partial charge on any atom is -0.397 e. The molecule has 0 aromatic heterocycles. The predicted octanol–water partition coefficient (Wildman–Crippen LogP) is 1.71. The zero-order valence-corrected chi connectivity index (χ0v) is 10.3. The third kappa shape index (κ3) is 2.03. The zero-order valence-electron chi connectivity index (χ0n) is 8.69. The van der Waals surface area contributed by atoms with E-state index in [0.29, 0.717) is 23.8 Å². The summed E-state index contributed by atoms with van der Waals surface area (Å²) in [6.45, 7) is 1.18. The largest absolute Gasteiger partial charge is 0.397 e. The standard InChI is InChI=1S/C10H13ClN2O2S/c11-9-4-3-8(7-10(9)12)16(14,15)13-5-1-2-6-13/h3-4,7H,1-2,5-6,12H2. The van der Waals surface area contributed by atoms with Crippen LogP contribution in [0.4, 0.5) is 5.69 Å². The lowest BCUT2D eigenvalue weighted by atomic mass is 10.3. The van der Waals surface area contributed by atoms with Crippen molar-refractivity contribution in [2.24, 2.45) is 0 Å². The summed E-state index contributed by atoms with van der Waals surface area (Å²) in [7, 11) is -3.38. The fourth-order valence-corrected chi connectivity index (χ4v) is 3.43. The van der Waals surface area contributed by atoms with Gasteiger partial charge >= 0.3 is 0 Å². The molecule has 1 fully saturated rings. The molecule has 4 nitrogen and oxygen atoms in total. The molecule has 0 bridgehead atoms. The van der Waals surface area contributed by atoms with Crippen LogP contribution in [0.15, 0.2) is 23.1 Å². The van der Waals surface area contributed by atoms with Crippen molar-refractivity contribution in [2.45, 2.75) is 17.7 Å². The number of anilines is 1. The van der Waals surface area contributed by atoms with Crippen LogP contribution >= 0.6 is 11.6 Å². The van der Waals surface area contributed by atoms with Crippen LogP contribution in [0, 0.1) is 0 Å². The molecule has 1 aliphatic heterocycles. The van der Waals surface area contributed by atoms with Crippen molar-refractivity contribution in [3.8, 4) is 0 Å². The Labute approximate surface area is 100 Å². The van der Waals surface area contributed by atoms with Crippen LogP contribution < -0.4 is 5.73 Å². The first-order chi connectivity index (χ1) is 7.51. The average Bonchev–Trinajstić information content (AvgIpc) is 2.75. The van der Waals surface area contributed by atoms with Crippen molar-refractivity contribution in [3.05, 3.63) is 23.2 Å². The van der Waals surface area contributed by atoms with Gasteiger partial charge in [-0.25, -0.2) is 8.42 Å². The highest BCUT2D eigenvalue weighted by Gasteiger charge is 2.27. The molecule has 1 aliphatic rings. The van der Waals surface area contributed by atoms with E-state index in [-0.39, 0.29) is 4.90 Å². The molecule has 0 aliphatic carbocycles. The van der Waals surface area contributed by atoms with E-state index in [2.05, 4.69) is 0 Å². The Hall–Kier alpha value is -0.780. The van der Waals surface area contributed by atoms with E-state index in [1.165, 1.54) is 22.5 Å². The summed E-state index contributed by atoms with van der Waals surface area (Å²) in [5.74, 6) is 0. The number of nitrogens with zero attached hydrogens (tertiary/aromatic N) is 1. The molecular weight excluding hydrogens is 248 g/mol. The summed E-state index contributed by atoms with van der Waals surface area (Å²) >= 11 is 5.76. The molecule has 0 saturated carbocycles. The number of halogens is 1. The molecule has 2 rings (SSSR count). The first-order valence-electron chi connectivity index (χ1n) is 5.07. The zero-order chi connectivity index (χ0) is 11.8. The fourth-order valence-electron chi connectivity index (χ4n) is 1.76. The van der Waals surface area contributed by atoms with Gasteiger partial charge in [0.1, 0.15) is 0 Å². The van der Waals surface area contributed by atoms with Crippen LogP contribution in [-0.2, 0) is 10.0 Å². The highest BCUT2D eigenvalue weighted by Crippen LogP contribution is 2.26. The lowest BCUT2D eigenvalue weighted by Gasteiger charge is -2.15. The van der Waals surface area contributed by atoms with E-state index in [1.54, 1.807) is 0 Å². The predicted molar refractivity (Wildman–Crippen MR) is 63.9 cm³/mol. The smallest absolute Gasteiger partial charge is 0.243 e. The van der Waals surface area contributed by atoms with Gasteiger partial charge in [-0.15, -0.1) is 0 Å². The maximum atomic E-state index is 12.1. The molecule has 6 heteroatoms. The van der Waals surface area contributed by atoms with E-state index >= 15 is 0 Å². The number of rotatable bonds is 2. The Morgan fingerprint density at radius 2 is 1.88 bits per heavy atom. The number of hydrogen-bond acceptors (Lipinski definition) is 3. The third-order valence-corrected chi connectivity index (χ3v) is 4.91. The van der Waals surface area contributed by atoms with Gasteiger partial charge in [0, 0.05) is 13.1 Å². The Kier molecular flexibility index (Phi) is 3.10. The van der Waals surface area contributed by atoms with Gasteiger partial charge in [-0.05, 0) is 31.0 Å². The molecule has 0 unspecified atom stereocenters. The summed E-state index contributed by atoms with van der Waals surface area (Å²) in [6, 6.07) is 4.42. The van der Waals surface area contributed by atoms with Crippen molar-refractivity contribution in [2.75, 3.05) is 18.8 Å². The lowest BCUT2D eigenvalue weighted by molar-refractivity contribution is 0.477. The minimum absolute atomic E-state index is 0.219. The van der Waals surface area contributed by atoms with Crippen LogP contribution in [0.1, 0.15) is 12.8 Å². The summed E-state index contributed by atoms with van der Waals surface area (Å²) in [6.07, 6.45) is 1.84. The highest BCUT2D eigenvalue weighted by molar-refractivity contribution is 7.89. The van der Waals surface area contributed by atoms with E-state index in [9.17, 15) is 8.42 Å². The minimum atomic E-state index is -3.38. The van der Waals surface area contributed by atoms with Crippen LogP contribution in [0.25, 0.3) is 0 Å². The van der Waals surface area contributed by atoms with E-state index in [1.807, 2.05) is 0 Å². The Morgan fingerprint density at radius 1 is 1.25 bits per heavy atom. The van der Waals surface area contributed by atoms with Crippen molar-refractivity contribution < 1.29 is 8.42 Å². The molecule has 1 aromatic carbocycles. The summed E-state index contributed by atoms with van der Waals surface area (Å²) in [5.41, 5.74) is 5.89. The van der Waals surface area contributed by atoms with Crippen molar-refractivity contribution >= 4 is 27.3 Å². The van der Waals surface area contributed by atoms with Crippen molar-refractivity contribution in [3.63, 3.8) is 0 Å². The molecule has 1 heterocycles. The highest BCUT2D eigenvalue weighted by atomic mass is 35.5. The molecule has 0 spiro atoms. The number of benzene rings is 1. The lowest BCUT2D eigenvalue weighted by Crippen LogP contribution is -2.27. The SMILES string of the molecule is Nc1cc(S(=O)(=O)N2CCCC2)ccc1Cl. The molecule has 0 atom stereocenters. The number of sulfonamides is 1.